The molecule has 29 heavy (non-hydrogen) atoms. The van der Waals surface area contributed by atoms with E-state index in [1.54, 1.807) is 17.7 Å². The van der Waals surface area contributed by atoms with Gasteiger partial charge in [0.25, 0.3) is 0 Å². The number of anilines is 1. The van der Waals surface area contributed by atoms with Crippen LogP contribution in [0.5, 0.6) is 0 Å². The number of aromatic nitrogens is 2. The minimum Gasteiger partial charge on any atom is -0.331 e. The van der Waals surface area contributed by atoms with E-state index < -0.39 is 33.5 Å². The average Bonchev–Trinajstić information content (AvgIpc) is 3.32. The van der Waals surface area contributed by atoms with E-state index in [2.05, 4.69) is 15.7 Å². The molecule has 2 aromatic rings. The summed E-state index contributed by atoms with van der Waals surface area (Å²) in [5, 5.41) is 9.96. The average molecular weight is 424 g/mol. The SMILES string of the molecule is CC(NC(=O)Nc1cc(C2CC2)nn1C1CCS(=O)(=O)C1)c1ccc(F)c(F)c1. The van der Waals surface area contributed by atoms with E-state index in [0.29, 0.717) is 23.7 Å². The van der Waals surface area contributed by atoms with Gasteiger partial charge in [-0.3, -0.25) is 5.32 Å². The summed E-state index contributed by atoms with van der Waals surface area (Å²) >= 11 is 0. The van der Waals surface area contributed by atoms with Crippen LogP contribution in [0.15, 0.2) is 24.3 Å². The van der Waals surface area contributed by atoms with E-state index in [1.165, 1.54) is 6.07 Å². The molecular weight excluding hydrogens is 402 g/mol. The number of hydrogen-bond donors (Lipinski definition) is 2. The van der Waals surface area contributed by atoms with Crippen LogP contribution in [0, 0.1) is 11.6 Å². The van der Waals surface area contributed by atoms with Crippen LogP contribution in [0.25, 0.3) is 0 Å². The molecular formula is C19H22F2N4O3S. The summed E-state index contributed by atoms with van der Waals surface area (Å²) < 4.78 is 51.8. The highest BCUT2D eigenvalue weighted by Crippen LogP contribution is 2.41. The number of nitrogens with one attached hydrogen (secondary N) is 2. The molecule has 1 aromatic heterocycles. The van der Waals surface area contributed by atoms with Crippen molar-refractivity contribution in [2.75, 3.05) is 16.8 Å². The standard InChI is InChI=1S/C19H22F2N4O3S/c1-11(13-4-5-15(20)16(21)8-13)22-19(26)23-18-9-17(12-2-3-12)24-25(18)14-6-7-29(27,28)10-14/h4-5,8-9,11-12,14H,2-3,6-7,10H2,1H3,(H2,22,23,26). The zero-order valence-electron chi connectivity index (χ0n) is 15.9. The summed E-state index contributed by atoms with van der Waals surface area (Å²) in [5.41, 5.74) is 1.27. The highest BCUT2D eigenvalue weighted by molar-refractivity contribution is 7.91. The van der Waals surface area contributed by atoms with Crippen LogP contribution in [0.3, 0.4) is 0 Å². The number of amides is 2. The number of rotatable bonds is 5. The van der Waals surface area contributed by atoms with Crippen molar-refractivity contribution in [3.8, 4) is 0 Å². The van der Waals surface area contributed by atoms with Crippen LogP contribution >= 0.6 is 0 Å². The topological polar surface area (TPSA) is 93.1 Å². The molecule has 2 aliphatic rings. The highest BCUT2D eigenvalue weighted by atomic mass is 32.2. The first-order valence-corrected chi connectivity index (χ1v) is 11.4. The lowest BCUT2D eigenvalue weighted by Gasteiger charge is -2.17. The van der Waals surface area contributed by atoms with Crippen molar-refractivity contribution < 1.29 is 22.0 Å². The van der Waals surface area contributed by atoms with Gasteiger partial charge in [-0.1, -0.05) is 6.07 Å². The van der Waals surface area contributed by atoms with Crippen LogP contribution in [0.1, 0.15) is 55.4 Å². The molecule has 2 fully saturated rings. The maximum Gasteiger partial charge on any atom is 0.320 e. The van der Waals surface area contributed by atoms with Gasteiger partial charge in [-0.15, -0.1) is 0 Å². The molecule has 1 aromatic carbocycles. The molecule has 0 spiro atoms. The van der Waals surface area contributed by atoms with Gasteiger partial charge in [0.05, 0.1) is 29.3 Å². The fourth-order valence-corrected chi connectivity index (χ4v) is 5.24. The molecule has 2 unspecified atom stereocenters. The molecule has 4 rings (SSSR count). The second kappa shape index (κ2) is 7.40. The number of hydrogen-bond acceptors (Lipinski definition) is 4. The molecule has 1 saturated carbocycles. The first-order chi connectivity index (χ1) is 13.7. The Kier molecular flexibility index (Phi) is 5.05. The maximum atomic E-state index is 13.4. The smallest absolute Gasteiger partial charge is 0.320 e. The van der Waals surface area contributed by atoms with Crippen LogP contribution in [-0.2, 0) is 9.84 Å². The summed E-state index contributed by atoms with van der Waals surface area (Å²) in [7, 11) is -3.10. The minimum atomic E-state index is -3.10. The Balaban J connectivity index is 1.49. The molecule has 1 saturated heterocycles. The van der Waals surface area contributed by atoms with Crippen LogP contribution < -0.4 is 10.6 Å². The predicted octanol–water partition coefficient (Wildman–Crippen LogP) is 3.28. The van der Waals surface area contributed by atoms with Crippen molar-refractivity contribution in [3.05, 3.63) is 47.2 Å². The van der Waals surface area contributed by atoms with Gasteiger partial charge in [-0.25, -0.2) is 26.7 Å². The van der Waals surface area contributed by atoms with Gasteiger partial charge in [0.2, 0.25) is 0 Å². The summed E-state index contributed by atoms with van der Waals surface area (Å²) in [6.07, 6.45) is 2.51. The largest absolute Gasteiger partial charge is 0.331 e. The third-order valence-corrected chi connectivity index (χ3v) is 7.09. The van der Waals surface area contributed by atoms with E-state index in [9.17, 15) is 22.0 Å². The third kappa shape index (κ3) is 4.42. The van der Waals surface area contributed by atoms with E-state index in [-0.39, 0.29) is 17.5 Å². The molecule has 0 bridgehead atoms. The minimum absolute atomic E-state index is 0.000342. The monoisotopic (exact) mass is 424 g/mol. The molecule has 1 aliphatic heterocycles. The highest BCUT2D eigenvalue weighted by Gasteiger charge is 2.34. The summed E-state index contributed by atoms with van der Waals surface area (Å²) in [6.45, 7) is 1.66. The van der Waals surface area contributed by atoms with E-state index in [1.807, 2.05) is 0 Å². The second-order valence-corrected chi connectivity index (χ2v) is 9.95. The van der Waals surface area contributed by atoms with Crippen molar-refractivity contribution in [3.63, 3.8) is 0 Å². The number of sulfone groups is 1. The molecule has 10 heteroatoms. The molecule has 2 heterocycles. The van der Waals surface area contributed by atoms with Gasteiger partial charge < -0.3 is 5.32 Å². The zero-order chi connectivity index (χ0) is 20.8. The number of urea groups is 1. The van der Waals surface area contributed by atoms with Crippen molar-refractivity contribution in [2.45, 2.75) is 44.2 Å². The van der Waals surface area contributed by atoms with Gasteiger partial charge in [0.1, 0.15) is 5.82 Å². The summed E-state index contributed by atoms with van der Waals surface area (Å²) in [4.78, 5) is 12.5. The van der Waals surface area contributed by atoms with Crippen LogP contribution in [0.4, 0.5) is 19.4 Å². The van der Waals surface area contributed by atoms with Crippen LogP contribution in [-0.4, -0.2) is 35.7 Å². The normalized spacial score (nSPS) is 21.7. The first-order valence-electron chi connectivity index (χ1n) is 9.54. The number of nitrogens with zero attached hydrogens (tertiary/aromatic N) is 2. The molecule has 2 atom stereocenters. The van der Waals surface area contributed by atoms with Crippen molar-refractivity contribution >= 4 is 21.7 Å². The molecule has 1 aliphatic carbocycles. The third-order valence-electron chi connectivity index (χ3n) is 5.34. The van der Waals surface area contributed by atoms with Crippen molar-refractivity contribution in [2.24, 2.45) is 0 Å². The van der Waals surface area contributed by atoms with Gasteiger partial charge >= 0.3 is 6.03 Å². The molecule has 2 amide bonds. The quantitative estimate of drug-likeness (QED) is 0.770. The fraction of sp³-hybridized carbons (Fsp3) is 0.474. The van der Waals surface area contributed by atoms with Gasteiger partial charge in [-0.05, 0) is 43.9 Å². The van der Waals surface area contributed by atoms with Crippen LogP contribution in [0.2, 0.25) is 0 Å². The Morgan fingerprint density at radius 2 is 1.97 bits per heavy atom. The fourth-order valence-electron chi connectivity index (χ4n) is 3.55. The number of carbonyl (C=O) groups excluding carboxylic acids is 1. The summed E-state index contributed by atoms with van der Waals surface area (Å²) in [6, 6.07) is 3.83. The number of halogens is 2. The lowest BCUT2D eigenvalue weighted by Crippen LogP contribution is -2.32. The number of carbonyl (C=O) groups is 1. The zero-order valence-corrected chi connectivity index (χ0v) is 16.7. The Morgan fingerprint density at radius 3 is 2.59 bits per heavy atom. The van der Waals surface area contributed by atoms with E-state index >= 15 is 0 Å². The Labute approximate surface area is 167 Å². The molecule has 0 radical (unpaired) electrons. The lowest BCUT2D eigenvalue weighted by molar-refractivity contribution is 0.249. The van der Waals surface area contributed by atoms with Gasteiger partial charge in [0, 0.05) is 12.0 Å². The Bertz CT molecular complexity index is 1050. The predicted molar refractivity (Wildman–Crippen MR) is 103 cm³/mol. The molecule has 2 N–H and O–H groups in total. The second-order valence-electron chi connectivity index (χ2n) is 7.72. The van der Waals surface area contributed by atoms with Gasteiger partial charge in [-0.2, -0.15) is 5.10 Å². The Morgan fingerprint density at radius 1 is 1.21 bits per heavy atom. The maximum absolute atomic E-state index is 13.4. The van der Waals surface area contributed by atoms with Crippen molar-refractivity contribution in [1.29, 1.82) is 0 Å². The lowest BCUT2D eigenvalue weighted by atomic mass is 10.1. The first kappa shape index (κ1) is 19.8. The van der Waals surface area contributed by atoms with E-state index in [4.69, 9.17) is 0 Å². The van der Waals surface area contributed by atoms with Crippen molar-refractivity contribution in [1.82, 2.24) is 15.1 Å². The summed E-state index contributed by atoms with van der Waals surface area (Å²) in [5.74, 6) is -1.04. The number of benzene rings is 1. The van der Waals surface area contributed by atoms with Gasteiger partial charge in [0.15, 0.2) is 21.5 Å². The molecule has 156 valence electrons. The Hall–Kier alpha value is -2.49. The van der Waals surface area contributed by atoms with E-state index in [0.717, 1.165) is 30.7 Å². The molecule has 7 nitrogen and oxygen atoms in total.